The number of hydrogen-bond acceptors (Lipinski definition) is 3. The molecular weight excluding hydrogens is 240 g/mol. The van der Waals surface area contributed by atoms with E-state index in [4.69, 9.17) is 5.73 Å². The van der Waals surface area contributed by atoms with E-state index in [9.17, 15) is 0 Å². The van der Waals surface area contributed by atoms with Crippen molar-refractivity contribution in [1.29, 1.82) is 0 Å². The zero-order chi connectivity index (χ0) is 13.1. The van der Waals surface area contributed by atoms with Gasteiger partial charge in [0.15, 0.2) is 0 Å². The van der Waals surface area contributed by atoms with Gasteiger partial charge in [-0.2, -0.15) is 0 Å². The summed E-state index contributed by atoms with van der Waals surface area (Å²) in [5.41, 5.74) is 7.43. The maximum atomic E-state index is 6.03. The highest BCUT2D eigenvalue weighted by Crippen LogP contribution is 2.33. The maximum Gasteiger partial charge on any atom is 0.0566 e. The van der Waals surface area contributed by atoms with Crippen molar-refractivity contribution in [1.82, 2.24) is 4.90 Å². The molecule has 0 amide bonds. The lowest BCUT2D eigenvalue weighted by atomic mass is 9.86. The Kier molecular flexibility index (Phi) is 4.82. The van der Waals surface area contributed by atoms with E-state index < -0.39 is 0 Å². The topological polar surface area (TPSA) is 29.3 Å². The van der Waals surface area contributed by atoms with Crippen LogP contribution in [0.1, 0.15) is 49.1 Å². The Hall–Kier alpha value is -0.380. The van der Waals surface area contributed by atoms with E-state index in [1.807, 2.05) is 11.3 Å². The van der Waals surface area contributed by atoms with Gasteiger partial charge in [-0.1, -0.05) is 6.92 Å². The number of hydrogen-bond donors (Lipinski definition) is 1. The summed E-state index contributed by atoms with van der Waals surface area (Å²) in [7, 11) is 2.26. The Morgan fingerprint density at radius 2 is 2.06 bits per heavy atom. The van der Waals surface area contributed by atoms with Gasteiger partial charge in [0.25, 0.3) is 0 Å². The van der Waals surface area contributed by atoms with Gasteiger partial charge >= 0.3 is 0 Å². The Balaban J connectivity index is 2.06. The van der Waals surface area contributed by atoms with Gasteiger partial charge in [0.1, 0.15) is 0 Å². The van der Waals surface area contributed by atoms with Crippen molar-refractivity contribution in [3.63, 3.8) is 0 Å². The summed E-state index contributed by atoms with van der Waals surface area (Å²) in [6.07, 6.45) is 5.41. The SMILES string of the molecule is Cc1ccsc1C(CN)N(C)C1CCC(C)CC1. The smallest absolute Gasteiger partial charge is 0.0566 e. The molecule has 2 N–H and O–H groups in total. The quantitative estimate of drug-likeness (QED) is 0.903. The third-order valence-corrected chi connectivity index (χ3v) is 5.60. The van der Waals surface area contributed by atoms with Crippen molar-refractivity contribution in [2.45, 2.75) is 51.6 Å². The summed E-state index contributed by atoms with van der Waals surface area (Å²) < 4.78 is 0. The first-order valence-corrected chi connectivity index (χ1v) is 7.97. The zero-order valence-corrected chi connectivity index (χ0v) is 12.7. The van der Waals surface area contributed by atoms with E-state index in [0.717, 1.165) is 18.5 Å². The number of aryl methyl sites for hydroxylation is 1. The van der Waals surface area contributed by atoms with E-state index in [-0.39, 0.29) is 0 Å². The first kappa shape index (κ1) is 14.0. The molecular formula is C15H26N2S. The second-order valence-electron chi connectivity index (χ2n) is 5.80. The molecule has 1 fully saturated rings. The Morgan fingerprint density at radius 3 is 2.56 bits per heavy atom. The van der Waals surface area contributed by atoms with E-state index in [2.05, 4.69) is 37.2 Å². The minimum atomic E-state index is 0.406. The first-order valence-electron chi connectivity index (χ1n) is 7.09. The standard InChI is InChI=1S/C15H26N2S/c1-11-4-6-13(7-5-11)17(3)14(10-16)15-12(2)8-9-18-15/h8-9,11,13-14H,4-7,10,16H2,1-3H3. The molecule has 18 heavy (non-hydrogen) atoms. The van der Waals surface area contributed by atoms with Crippen molar-refractivity contribution in [3.05, 3.63) is 21.9 Å². The molecule has 0 aromatic carbocycles. The minimum Gasteiger partial charge on any atom is -0.329 e. The molecule has 1 atom stereocenters. The molecule has 1 unspecified atom stereocenters. The monoisotopic (exact) mass is 266 g/mol. The molecule has 2 rings (SSSR count). The molecule has 1 saturated carbocycles. The molecule has 1 aliphatic rings. The lowest BCUT2D eigenvalue weighted by molar-refractivity contribution is 0.127. The van der Waals surface area contributed by atoms with Gasteiger partial charge in [0.05, 0.1) is 6.04 Å². The molecule has 1 aromatic heterocycles. The normalized spacial score (nSPS) is 26.5. The Morgan fingerprint density at radius 1 is 1.39 bits per heavy atom. The molecule has 0 aliphatic heterocycles. The van der Waals surface area contributed by atoms with Crippen LogP contribution in [0.25, 0.3) is 0 Å². The van der Waals surface area contributed by atoms with Crippen LogP contribution in [0, 0.1) is 12.8 Å². The van der Waals surface area contributed by atoms with Crippen LogP contribution < -0.4 is 5.73 Å². The highest BCUT2D eigenvalue weighted by atomic mass is 32.1. The lowest BCUT2D eigenvalue weighted by Gasteiger charge is -2.38. The Labute approximate surface area is 115 Å². The van der Waals surface area contributed by atoms with Gasteiger partial charge in [-0.05, 0) is 62.6 Å². The first-order chi connectivity index (χ1) is 8.63. The third kappa shape index (κ3) is 2.95. The molecule has 2 nitrogen and oxygen atoms in total. The fourth-order valence-electron chi connectivity index (χ4n) is 3.09. The van der Waals surface area contributed by atoms with E-state index in [0.29, 0.717) is 6.04 Å². The van der Waals surface area contributed by atoms with Gasteiger partial charge in [0.2, 0.25) is 0 Å². The largest absolute Gasteiger partial charge is 0.329 e. The van der Waals surface area contributed by atoms with Crippen LogP contribution in [0.4, 0.5) is 0 Å². The van der Waals surface area contributed by atoms with Crippen molar-refractivity contribution < 1.29 is 0 Å². The van der Waals surface area contributed by atoms with Gasteiger partial charge in [-0.3, -0.25) is 4.90 Å². The lowest BCUT2D eigenvalue weighted by Crippen LogP contribution is -2.40. The van der Waals surface area contributed by atoms with Crippen LogP contribution >= 0.6 is 11.3 Å². The van der Waals surface area contributed by atoms with Crippen LogP contribution in [0.15, 0.2) is 11.4 Å². The fraction of sp³-hybridized carbons (Fsp3) is 0.733. The van der Waals surface area contributed by atoms with Gasteiger partial charge in [0, 0.05) is 17.5 Å². The molecule has 0 saturated heterocycles. The summed E-state index contributed by atoms with van der Waals surface area (Å²) in [6, 6.07) is 3.33. The zero-order valence-electron chi connectivity index (χ0n) is 11.9. The van der Waals surface area contributed by atoms with Crippen LogP contribution in [0.5, 0.6) is 0 Å². The average molecular weight is 266 g/mol. The van der Waals surface area contributed by atoms with Crippen molar-refractivity contribution in [2.75, 3.05) is 13.6 Å². The number of rotatable bonds is 4. The van der Waals surface area contributed by atoms with Crippen LogP contribution in [0.3, 0.4) is 0 Å². The van der Waals surface area contributed by atoms with Gasteiger partial charge in [-0.15, -0.1) is 11.3 Å². The van der Waals surface area contributed by atoms with Crippen LogP contribution in [-0.2, 0) is 0 Å². The van der Waals surface area contributed by atoms with Crippen molar-refractivity contribution >= 4 is 11.3 Å². The molecule has 1 heterocycles. The minimum absolute atomic E-state index is 0.406. The number of nitrogens with zero attached hydrogens (tertiary/aromatic N) is 1. The maximum absolute atomic E-state index is 6.03. The summed E-state index contributed by atoms with van der Waals surface area (Å²) >= 11 is 1.85. The third-order valence-electron chi connectivity index (χ3n) is 4.48. The molecule has 1 aromatic rings. The predicted octanol–water partition coefficient (Wildman–Crippen LogP) is 3.57. The second kappa shape index (κ2) is 6.18. The van der Waals surface area contributed by atoms with Crippen LogP contribution in [-0.4, -0.2) is 24.5 Å². The van der Waals surface area contributed by atoms with Crippen molar-refractivity contribution in [3.8, 4) is 0 Å². The summed E-state index contributed by atoms with van der Waals surface area (Å²) in [6.45, 7) is 5.30. The Bertz CT molecular complexity index is 366. The van der Waals surface area contributed by atoms with Gasteiger partial charge < -0.3 is 5.73 Å². The molecule has 3 heteroatoms. The van der Waals surface area contributed by atoms with Gasteiger partial charge in [-0.25, -0.2) is 0 Å². The van der Waals surface area contributed by atoms with E-state index in [1.165, 1.54) is 36.1 Å². The van der Waals surface area contributed by atoms with Crippen LogP contribution in [0.2, 0.25) is 0 Å². The predicted molar refractivity (Wildman–Crippen MR) is 80.0 cm³/mol. The number of thiophene rings is 1. The van der Waals surface area contributed by atoms with E-state index >= 15 is 0 Å². The highest BCUT2D eigenvalue weighted by molar-refractivity contribution is 7.10. The highest BCUT2D eigenvalue weighted by Gasteiger charge is 2.27. The molecule has 0 bridgehead atoms. The molecule has 1 aliphatic carbocycles. The number of nitrogens with two attached hydrogens (primary N) is 1. The molecule has 102 valence electrons. The van der Waals surface area contributed by atoms with E-state index in [1.54, 1.807) is 0 Å². The summed E-state index contributed by atoms with van der Waals surface area (Å²) in [5.74, 6) is 0.912. The van der Waals surface area contributed by atoms with Crippen molar-refractivity contribution in [2.24, 2.45) is 11.7 Å². The molecule has 0 radical (unpaired) electrons. The fourth-order valence-corrected chi connectivity index (χ4v) is 4.18. The molecule has 0 spiro atoms. The average Bonchev–Trinajstić information content (AvgIpc) is 2.78. The summed E-state index contributed by atoms with van der Waals surface area (Å²) in [5, 5.41) is 2.18. The number of likely N-dealkylation sites (N-methyl/N-ethyl adjacent to an activating group) is 1. The summed E-state index contributed by atoms with van der Waals surface area (Å²) in [4.78, 5) is 3.99. The second-order valence-corrected chi connectivity index (χ2v) is 6.75.